The summed E-state index contributed by atoms with van der Waals surface area (Å²) in [5.41, 5.74) is 6.17. The van der Waals surface area contributed by atoms with Crippen molar-refractivity contribution in [1.29, 1.82) is 0 Å². The smallest absolute Gasteiger partial charge is 0.408 e. The molecule has 1 aromatic heterocycles. The molecule has 0 spiro atoms. The first-order valence-electron chi connectivity index (χ1n) is 14.7. The van der Waals surface area contributed by atoms with Crippen molar-refractivity contribution in [2.75, 3.05) is 0 Å². The van der Waals surface area contributed by atoms with Gasteiger partial charge in [-0.25, -0.2) is 9.78 Å². The number of nitrogens with one attached hydrogen (secondary N) is 1. The Morgan fingerprint density at radius 3 is 2.38 bits per heavy atom. The maximum absolute atomic E-state index is 12.7. The second-order valence-electron chi connectivity index (χ2n) is 12.4. The molecule has 1 N–H and O–H groups in total. The Kier molecular flexibility index (Phi) is 7.28. The number of rotatable bonds is 6. The lowest BCUT2D eigenvalue weighted by Gasteiger charge is -2.43. The number of carbonyl (C=O) groups excluding carboxylic acids is 2. The van der Waals surface area contributed by atoms with E-state index in [1.165, 1.54) is 0 Å². The van der Waals surface area contributed by atoms with Gasteiger partial charge in [0.05, 0.1) is 16.7 Å². The SMILES string of the molecule is CC(C)(C)OC(=O)NC1(c2ccc(-c3nc4cc(CC5C=CC=CC5=O)ccc4cc3-c3ccccc3)cc2)CCC1. The van der Waals surface area contributed by atoms with Gasteiger partial charge in [-0.3, -0.25) is 4.79 Å². The molecular formula is C37H36N2O3. The van der Waals surface area contributed by atoms with Crippen LogP contribution in [0.3, 0.4) is 0 Å². The Morgan fingerprint density at radius 1 is 0.952 bits per heavy atom. The monoisotopic (exact) mass is 556 g/mol. The molecule has 0 saturated heterocycles. The molecule has 1 heterocycles. The molecule has 5 nitrogen and oxygen atoms in total. The third-order valence-electron chi connectivity index (χ3n) is 8.16. The summed E-state index contributed by atoms with van der Waals surface area (Å²) in [4.78, 5) is 30.2. The fourth-order valence-electron chi connectivity index (χ4n) is 5.85. The number of amides is 1. The van der Waals surface area contributed by atoms with Crippen LogP contribution in [0.4, 0.5) is 4.79 Å². The summed E-state index contributed by atoms with van der Waals surface area (Å²) in [6, 6.07) is 27.3. The maximum atomic E-state index is 12.7. The third-order valence-corrected chi connectivity index (χ3v) is 8.16. The van der Waals surface area contributed by atoms with Crippen LogP contribution in [0.1, 0.15) is 51.2 Å². The van der Waals surface area contributed by atoms with Gasteiger partial charge in [0, 0.05) is 22.4 Å². The molecule has 6 rings (SSSR count). The van der Waals surface area contributed by atoms with E-state index < -0.39 is 11.1 Å². The van der Waals surface area contributed by atoms with Crippen LogP contribution >= 0.6 is 0 Å². The molecule has 1 unspecified atom stereocenters. The van der Waals surface area contributed by atoms with Gasteiger partial charge in [-0.05, 0) is 81.4 Å². The summed E-state index contributed by atoms with van der Waals surface area (Å²) in [6.45, 7) is 5.63. The van der Waals surface area contributed by atoms with Gasteiger partial charge in [-0.15, -0.1) is 0 Å². The minimum absolute atomic E-state index is 0.135. The molecule has 5 heteroatoms. The van der Waals surface area contributed by atoms with E-state index in [0.717, 1.165) is 63.7 Å². The highest BCUT2D eigenvalue weighted by molar-refractivity contribution is 5.95. The lowest BCUT2D eigenvalue weighted by molar-refractivity contribution is -0.117. The zero-order valence-electron chi connectivity index (χ0n) is 24.4. The minimum Gasteiger partial charge on any atom is -0.444 e. The molecule has 1 amide bonds. The Hall–Kier alpha value is -4.51. The van der Waals surface area contributed by atoms with Crippen LogP contribution in [-0.2, 0) is 21.5 Å². The van der Waals surface area contributed by atoms with Gasteiger partial charge in [0.2, 0.25) is 0 Å². The first kappa shape index (κ1) is 27.6. The highest BCUT2D eigenvalue weighted by Gasteiger charge is 2.41. The van der Waals surface area contributed by atoms with Gasteiger partial charge in [0.25, 0.3) is 0 Å². The largest absolute Gasteiger partial charge is 0.444 e. The maximum Gasteiger partial charge on any atom is 0.408 e. The van der Waals surface area contributed by atoms with Crippen molar-refractivity contribution in [1.82, 2.24) is 10.3 Å². The van der Waals surface area contributed by atoms with E-state index in [4.69, 9.17) is 9.72 Å². The zero-order valence-corrected chi connectivity index (χ0v) is 24.4. The molecule has 0 radical (unpaired) electrons. The van der Waals surface area contributed by atoms with E-state index in [1.807, 2.05) is 51.1 Å². The fraction of sp³-hybridized carbons (Fsp3) is 0.270. The molecule has 1 fully saturated rings. The molecule has 0 aliphatic heterocycles. The van der Waals surface area contributed by atoms with Gasteiger partial charge >= 0.3 is 6.09 Å². The molecule has 1 saturated carbocycles. The number of hydrogen-bond acceptors (Lipinski definition) is 4. The Morgan fingerprint density at radius 2 is 1.71 bits per heavy atom. The molecule has 3 aromatic carbocycles. The number of fused-ring (bicyclic) bond motifs is 1. The van der Waals surface area contributed by atoms with Crippen molar-refractivity contribution in [3.63, 3.8) is 0 Å². The second-order valence-corrected chi connectivity index (χ2v) is 12.4. The fourth-order valence-corrected chi connectivity index (χ4v) is 5.85. The number of alkyl carbamates (subject to hydrolysis) is 1. The van der Waals surface area contributed by atoms with Gasteiger partial charge in [-0.1, -0.05) is 85.0 Å². The number of carbonyl (C=O) groups is 2. The first-order valence-corrected chi connectivity index (χ1v) is 14.7. The van der Waals surface area contributed by atoms with Crippen LogP contribution < -0.4 is 5.32 Å². The Balaban J connectivity index is 1.36. The van der Waals surface area contributed by atoms with Gasteiger partial charge in [0.1, 0.15) is 5.60 Å². The molecule has 1 atom stereocenters. The number of ketones is 1. The van der Waals surface area contributed by atoms with Crippen molar-refractivity contribution in [3.05, 3.63) is 114 Å². The van der Waals surface area contributed by atoms with Crippen molar-refractivity contribution >= 4 is 22.8 Å². The van der Waals surface area contributed by atoms with Crippen LogP contribution in [0, 0.1) is 5.92 Å². The van der Waals surface area contributed by atoms with E-state index in [9.17, 15) is 9.59 Å². The highest BCUT2D eigenvalue weighted by Crippen LogP contribution is 2.42. The Labute approximate surface area is 247 Å². The number of pyridine rings is 1. The van der Waals surface area contributed by atoms with Crippen LogP contribution in [0.25, 0.3) is 33.3 Å². The third kappa shape index (κ3) is 5.78. The number of hydrogen-bond donors (Lipinski definition) is 1. The molecule has 212 valence electrons. The zero-order chi connectivity index (χ0) is 29.3. The normalized spacial score (nSPS) is 17.6. The van der Waals surface area contributed by atoms with E-state index in [0.29, 0.717) is 6.42 Å². The summed E-state index contributed by atoms with van der Waals surface area (Å²) in [6.07, 6.45) is 10.4. The average Bonchev–Trinajstić information content (AvgIpc) is 2.95. The van der Waals surface area contributed by atoms with Crippen LogP contribution in [-0.4, -0.2) is 22.5 Å². The van der Waals surface area contributed by atoms with Crippen molar-refractivity contribution in [3.8, 4) is 22.4 Å². The van der Waals surface area contributed by atoms with E-state index >= 15 is 0 Å². The first-order chi connectivity index (χ1) is 20.2. The van der Waals surface area contributed by atoms with Crippen LogP contribution in [0.15, 0.2) is 103 Å². The molecule has 0 bridgehead atoms. The quantitative estimate of drug-likeness (QED) is 0.259. The lowest BCUT2D eigenvalue weighted by atomic mass is 9.71. The standard InChI is InChI=1S/C37H36N2O3/c1-36(2,3)42-35(41)39-37(20-9-21-37)30-18-16-27(17-19-30)34-31(26-10-5-4-6-11-26)24-28-15-14-25(23-32(28)38-34)22-29-12-7-8-13-33(29)40/h4-8,10-19,23-24,29H,9,20-22H2,1-3H3,(H,39,41). The van der Waals surface area contributed by atoms with Gasteiger partial charge < -0.3 is 10.1 Å². The molecule has 4 aromatic rings. The van der Waals surface area contributed by atoms with Crippen LogP contribution in [0.5, 0.6) is 0 Å². The Bertz CT molecular complexity index is 1690. The van der Waals surface area contributed by atoms with E-state index in [-0.39, 0.29) is 17.8 Å². The van der Waals surface area contributed by atoms with E-state index in [1.54, 1.807) is 12.2 Å². The second kappa shape index (κ2) is 11.1. The average molecular weight is 557 g/mol. The van der Waals surface area contributed by atoms with Gasteiger partial charge in [0.15, 0.2) is 5.78 Å². The summed E-state index contributed by atoms with van der Waals surface area (Å²) in [5, 5.41) is 4.21. The summed E-state index contributed by atoms with van der Waals surface area (Å²) in [5.74, 6) is -0.00711. The summed E-state index contributed by atoms with van der Waals surface area (Å²) >= 11 is 0. The van der Waals surface area contributed by atoms with Crippen molar-refractivity contribution < 1.29 is 14.3 Å². The molecule has 42 heavy (non-hydrogen) atoms. The number of allylic oxidation sites excluding steroid dienone is 4. The number of benzene rings is 3. The molecular weight excluding hydrogens is 520 g/mol. The predicted octanol–water partition coefficient (Wildman–Crippen LogP) is 8.33. The van der Waals surface area contributed by atoms with Crippen LogP contribution in [0.2, 0.25) is 0 Å². The molecule has 2 aliphatic rings. The lowest BCUT2D eigenvalue weighted by Crippen LogP contribution is -2.52. The number of ether oxygens (including phenoxy) is 1. The van der Waals surface area contributed by atoms with E-state index in [2.05, 4.69) is 66.0 Å². The summed E-state index contributed by atoms with van der Waals surface area (Å²) in [7, 11) is 0. The van der Waals surface area contributed by atoms with Gasteiger partial charge in [-0.2, -0.15) is 0 Å². The predicted molar refractivity (Wildman–Crippen MR) is 168 cm³/mol. The molecule has 2 aliphatic carbocycles. The number of nitrogens with zero attached hydrogens (tertiary/aromatic N) is 1. The van der Waals surface area contributed by atoms with Crippen molar-refractivity contribution in [2.24, 2.45) is 5.92 Å². The number of aromatic nitrogens is 1. The topological polar surface area (TPSA) is 68.3 Å². The van der Waals surface area contributed by atoms with Crippen molar-refractivity contribution in [2.45, 2.75) is 57.6 Å². The summed E-state index contributed by atoms with van der Waals surface area (Å²) < 4.78 is 5.57. The minimum atomic E-state index is -0.548. The highest BCUT2D eigenvalue weighted by atomic mass is 16.6.